The maximum Gasteiger partial charge on any atom is 0.255 e. The highest BCUT2D eigenvalue weighted by Gasteiger charge is 2.25. The van der Waals surface area contributed by atoms with Crippen molar-refractivity contribution in [2.24, 2.45) is 0 Å². The van der Waals surface area contributed by atoms with Crippen LogP contribution < -0.4 is 0 Å². The fourth-order valence-corrected chi connectivity index (χ4v) is 2.65. The van der Waals surface area contributed by atoms with Gasteiger partial charge in [0, 0.05) is 18.7 Å². The summed E-state index contributed by atoms with van der Waals surface area (Å²) in [6.07, 6.45) is 2.01. The van der Waals surface area contributed by atoms with Crippen molar-refractivity contribution in [1.29, 1.82) is 0 Å². The van der Waals surface area contributed by atoms with Gasteiger partial charge in [0.15, 0.2) is 0 Å². The van der Waals surface area contributed by atoms with Crippen molar-refractivity contribution in [1.82, 2.24) is 9.80 Å². The summed E-state index contributed by atoms with van der Waals surface area (Å²) in [5.41, 5.74) is 1.29. The molecule has 4 nitrogen and oxygen atoms in total. The van der Waals surface area contributed by atoms with Gasteiger partial charge in [0.2, 0.25) is 0 Å². The molecule has 1 heterocycles. The molecule has 0 atom stereocenters. The van der Waals surface area contributed by atoms with Gasteiger partial charge in [-0.05, 0) is 45.1 Å². The molecule has 0 aliphatic carbocycles. The fourth-order valence-electron chi connectivity index (χ4n) is 2.65. The monoisotopic (exact) mass is 286 g/mol. The van der Waals surface area contributed by atoms with E-state index in [1.54, 1.807) is 6.07 Å². The average Bonchev–Trinajstić information content (AvgIpc) is 2.52. The Morgan fingerprint density at radius 2 is 2.05 bits per heavy atom. The van der Waals surface area contributed by atoms with E-state index in [4.69, 9.17) is 5.11 Å². The van der Waals surface area contributed by atoms with Gasteiger partial charge in [-0.3, -0.25) is 4.79 Å². The minimum absolute atomic E-state index is 0.00685. The molecule has 0 aromatic heterocycles. The van der Waals surface area contributed by atoms with Crippen molar-refractivity contribution < 1.29 is 9.90 Å². The van der Waals surface area contributed by atoms with Crippen LogP contribution in [0.25, 0.3) is 0 Å². The molecule has 1 amide bonds. The third-order valence-corrected chi connectivity index (χ3v) is 4.02. The maximum atomic E-state index is 12.7. The molecule has 21 heavy (non-hydrogen) atoms. The molecule has 0 spiro atoms. The van der Waals surface area contributed by atoms with Gasteiger partial charge >= 0.3 is 0 Å². The lowest BCUT2D eigenvalue weighted by Crippen LogP contribution is -2.44. The maximum absolute atomic E-state index is 12.7. The molecule has 1 aliphatic rings. The summed E-state index contributed by atoms with van der Waals surface area (Å²) in [6.45, 7) is 1.84. The zero-order valence-electron chi connectivity index (χ0n) is 12.7. The van der Waals surface area contributed by atoms with E-state index in [0.717, 1.165) is 25.9 Å². The number of hydrogen-bond donors (Lipinski definition) is 1. The molecule has 1 aromatic rings. The fraction of sp³-hybridized carbons (Fsp3) is 0.471. The number of amides is 1. The largest absolute Gasteiger partial charge is 0.384 e. The van der Waals surface area contributed by atoms with Crippen molar-refractivity contribution in [3.63, 3.8) is 0 Å². The Labute approximate surface area is 126 Å². The van der Waals surface area contributed by atoms with Crippen LogP contribution in [0.4, 0.5) is 0 Å². The number of aliphatic hydroxyl groups excluding tert-OH is 1. The topological polar surface area (TPSA) is 43.8 Å². The zero-order valence-corrected chi connectivity index (χ0v) is 12.7. The van der Waals surface area contributed by atoms with E-state index in [0.29, 0.717) is 11.1 Å². The van der Waals surface area contributed by atoms with E-state index < -0.39 is 0 Å². The molecule has 0 unspecified atom stereocenters. The average molecular weight is 286 g/mol. The third kappa shape index (κ3) is 3.84. The van der Waals surface area contributed by atoms with Gasteiger partial charge in [-0.2, -0.15) is 0 Å². The highest BCUT2D eigenvalue weighted by atomic mass is 16.2. The van der Waals surface area contributed by atoms with Gasteiger partial charge in [-0.25, -0.2) is 0 Å². The molecular formula is C17H22N2O2. The molecule has 2 rings (SSSR count). The van der Waals surface area contributed by atoms with E-state index in [2.05, 4.69) is 23.8 Å². The highest BCUT2D eigenvalue weighted by molar-refractivity contribution is 5.96. The number of nitrogens with zero attached hydrogens (tertiary/aromatic N) is 2. The second kappa shape index (κ2) is 7.26. The van der Waals surface area contributed by atoms with Crippen LogP contribution >= 0.6 is 0 Å². The summed E-state index contributed by atoms with van der Waals surface area (Å²) in [5.74, 6) is 5.47. The number of piperidine rings is 1. The van der Waals surface area contributed by atoms with Crippen LogP contribution in [0.15, 0.2) is 24.3 Å². The first-order valence-electron chi connectivity index (χ1n) is 7.28. The summed E-state index contributed by atoms with van der Waals surface area (Å²) < 4.78 is 0. The summed E-state index contributed by atoms with van der Waals surface area (Å²) in [7, 11) is 3.98. The van der Waals surface area contributed by atoms with Crippen LogP contribution in [-0.2, 0) is 0 Å². The Bertz CT molecular complexity index is 551. The second-order valence-corrected chi connectivity index (χ2v) is 5.46. The minimum Gasteiger partial charge on any atom is -0.384 e. The van der Waals surface area contributed by atoms with Crippen LogP contribution in [0.3, 0.4) is 0 Å². The van der Waals surface area contributed by atoms with Crippen molar-refractivity contribution >= 4 is 5.91 Å². The van der Waals surface area contributed by atoms with Gasteiger partial charge in [-0.1, -0.05) is 24.0 Å². The lowest BCUT2D eigenvalue weighted by atomic mass is 10.0. The summed E-state index contributed by atoms with van der Waals surface area (Å²) in [5, 5.41) is 8.82. The molecule has 4 heteroatoms. The number of likely N-dealkylation sites (tertiary alicyclic amines) is 1. The Hall–Kier alpha value is -1.83. The molecular weight excluding hydrogens is 264 g/mol. The van der Waals surface area contributed by atoms with E-state index in [-0.39, 0.29) is 18.6 Å². The lowest BCUT2D eigenvalue weighted by molar-refractivity contribution is 0.0659. The van der Waals surface area contributed by atoms with Gasteiger partial charge < -0.3 is 14.9 Å². The summed E-state index contributed by atoms with van der Waals surface area (Å²) >= 11 is 0. The predicted molar refractivity (Wildman–Crippen MR) is 83.0 cm³/mol. The van der Waals surface area contributed by atoms with Crippen molar-refractivity contribution in [3.8, 4) is 11.8 Å². The van der Waals surface area contributed by atoms with Crippen LogP contribution in [0.2, 0.25) is 0 Å². The molecule has 0 radical (unpaired) electrons. The predicted octanol–water partition coefficient (Wildman–Crippen LogP) is 1.20. The third-order valence-electron chi connectivity index (χ3n) is 4.02. The molecule has 0 saturated carbocycles. The number of carbonyl (C=O) groups excluding carboxylic acids is 1. The standard InChI is InChI=1S/C17H22N2O2/c1-18-11-9-15(10-12-18)19(2)17(21)16-8-4-3-6-14(16)7-5-13-20/h3-4,6,8,15,20H,9-13H2,1-2H3. The van der Waals surface area contributed by atoms with Crippen LogP contribution in [0.1, 0.15) is 28.8 Å². The quantitative estimate of drug-likeness (QED) is 0.831. The van der Waals surface area contributed by atoms with Crippen molar-refractivity contribution in [3.05, 3.63) is 35.4 Å². The van der Waals surface area contributed by atoms with Gasteiger partial charge in [-0.15, -0.1) is 0 Å². The second-order valence-electron chi connectivity index (χ2n) is 5.46. The smallest absolute Gasteiger partial charge is 0.255 e. The summed E-state index contributed by atoms with van der Waals surface area (Å²) in [6, 6.07) is 7.61. The Morgan fingerprint density at radius 1 is 1.38 bits per heavy atom. The highest BCUT2D eigenvalue weighted by Crippen LogP contribution is 2.18. The molecule has 1 aliphatic heterocycles. The SMILES string of the molecule is CN1CCC(N(C)C(=O)c2ccccc2C#CCO)CC1. The zero-order chi connectivity index (χ0) is 15.2. The molecule has 1 saturated heterocycles. The van der Waals surface area contributed by atoms with E-state index in [1.165, 1.54) is 0 Å². The van der Waals surface area contributed by atoms with Gasteiger partial charge in [0.1, 0.15) is 6.61 Å². The number of benzene rings is 1. The molecule has 1 fully saturated rings. The normalized spacial score (nSPS) is 16.1. The number of rotatable bonds is 2. The minimum atomic E-state index is -0.201. The number of hydrogen-bond acceptors (Lipinski definition) is 3. The Balaban J connectivity index is 2.16. The van der Waals surface area contributed by atoms with Crippen LogP contribution in [0.5, 0.6) is 0 Å². The summed E-state index contributed by atoms with van der Waals surface area (Å²) in [4.78, 5) is 16.8. The van der Waals surface area contributed by atoms with Crippen LogP contribution in [0, 0.1) is 11.8 Å². The number of carbonyl (C=O) groups is 1. The first-order valence-corrected chi connectivity index (χ1v) is 7.28. The van der Waals surface area contributed by atoms with E-state index in [9.17, 15) is 4.79 Å². The lowest BCUT2D eigenvalue weighted by Gasteiger charge is -2.35. The molecule has 0 bridgehead atoms. The van der Waals surface area contributed by atoms with Crippen molar-refractivity contribution in [2.45, 2.75) is 18.9 Å². The first-order chi connectivity index (χ1) is 10.1. The molecule has 1 N–H and O–H groups in total. The van der Waals surface area contributed by atoms with Crippen molar-refractivity contribution in [2.75, 3.05) is 33.8 Å². The first kappa shape index (κ1) is 15.6. The Morgan fingerprint density at radius 3 is 2.71 bits per heavy atom. The molecule has 112 valence electrons. The molecule has 1 aromatic carbocycles. The van der Waals surface area contributed by atoms with E-state index >= 15 is 0 Å². The van der Waals surface area contributed by atoms with Crippen LogP contribution in [-0.4, -0.2) is 60.6 Å². The van der Waals surface area contributed by atoms with Gasteiger partial charge in [0.25, 0.3) is 5.91 Å². The number of aliphatic hydroxyl groups is 1. The van der Waals surface area contributed by atoms with E-state index in [1.807, 2.05) is 30.1 Å². The Kier molecular flexibility index (Phi) is 5.38. The van der Waals surface area contributed by atoms with Gasteiger partial charge in [0.05, 0.1) is 5.56 Å².